The predicted octanol–water partition coefficient (Wildman–Crippen LogP) is 2.00. The molecule has 0 aromatic carbocycles. The molecule has 1 aromatic rings. The van der Waals surface area contributed by atoms with Crippen LogP contribution in [0.4, 0.5) is 8.78 Å². The zero-order valence-electron chi connectivity index (χ0n) is 11.2. The molecule has 1 aliphatic carbocycles. The standard InChI is InChI=1S/C14H16F2N2O2/c1-2-20-12-4-9-3-8(12)7-18(9)14(19)10-5-13(16)17-6-11(10)15/h5-6,8-9,12H,2-4,7H2,1H3/t8?,9?,12-/m0/s1. The van der Waals surface area contributed by atoms with Crippen molar-refractivity contribution < 1.29 is 18.3 Å². The third-order valence-electron chi connectivity index (χ3n) is 4.17. The van der Waals surface area contributed by atoms with Gasteiger partial charge in [-0.2, -0.15) is 4.39 Å². The van der Waals surface area contributed by atoms with Gasteiger partial charge in [-0.15, -0.1) is 0 Å². The summed E-state index contributed by atoms with van der Waals surface area (Å²) in [6.07, 6.45) is 2.60. The lowest BCUT2D eigenvalue weighted by atomic mass is 10.1. The molecule has 2 aliphatic rings. The fourth-order valence-electron chi connectivity index (χ4n) is 3.31. The number of hydrogen-bond acceptors (Lipinski definition) is 3. The van der Waals surface area contributed by atoms with Crippen molar-refractivity contribution in [1.82, 2.24) is 9.88 Å². The van der Waals surface area contributed by atoms with Gasteiger partial charge in [0.15, 0.2) is 5.82 Å². The molecule has 1 aromatic heterocycles. The normalized spacial score (nSPS) is 28.1. The van der Waals surface area contributed by atoms with Gasteiger partial charge in [-0.1, -0.05) is 0 Å². The van der Waals surface area contributed by atoms with Crippen LogP contribution in [0.25, 0.3) is 0 Å². The van der Waals surface area contributed by atoms with Crippen molar-refractivity contribution in [3.05, 3.63) is 29.6 Å². The topological polar surface area (TPSA) is 42.4 Å². The maximum Gasteiger partial charge on any atom is 0.257 e. The number of halogens is 2. The van der Waals surface area contributed by atoms with Gasteiger partial charge in [0.2, 0.25) is 5.95 Å². The maximum atomic E-state index is 13.6. The summed E-state index contributed by atoms with van der Waals surface area (Å²) in [4.78, 5) is 17.2. The van der Waals surface area contributed by atoms with Gasteiger partial charge in [-0.05, 0) is 19.8 Å². The summed E-state index contributed by atoms with van der Waals surface area (Å²) >= 11 is 0. The van der Waals surface area contributed by atoms with Gasteiger partial charge >= 0.3 is 0 Å². The van der Waals surface area contributed by atoms with Gasteiger partial charge in [-0.25, -0.2) is 9.37 Å². The number of aromatic nitrogens is 1. The fourth-order valence-corrected chi connectivity index (χ4v) is 3.31. The Labute approximate surface area is 115 Å². The number of amides is 1. The summed E-state index contributed by atoms with van der Waals surface area (Å²) in [6, 6.07) is 0.934. The number of rotatable bonds is 3. The van der Waals surface area contributed by atoms with E-state index in [1.807, 2.05) is 6.92 Å². The van der Waals surface area contributed by atoms with Crippen molar-refractivity contribution in [2.45, 2.75) is 31.9 Å². The first-order valence-electron chi connectivity index (χ1n) is 6.83. The molecule has 0 N–H and O–H groups in total. The Hall–Kier alpha value is -1.56. The third-order valence-corrected chi connectivity index (χ3v) is 4.17. The molecular formula is C14H16F2N2O2. The Morgan fingerprint density at radius 1 is 1.50 bits per heavy atom. The minimum atomic E-state index is -0.841. The lowest BCUT2D eigenvalue weighted by Gasteiger charge is -2.31. The van der Waals surface area contributed by atoms with E-state index in [4.69, 9.17) is 4.74 Å². The van der Waals surface area contributed by atoms with Crippen LogP contribution in [-0.4, -0.2) is 41.1 Å². The smallest absolute Gasteiger partial charge is 0.257 e. The average Bonchev–Trinajstić information content (AvgIpc) is 3.01. The van der Waals surface area contributed by atoms with Crippen LogP contribution in [-0.2, 0) is 4.74 Å². The van der Waals surface area contributed by atoms with Gasteiger partial charge in [0.05, 0.1) is 17.9 Å². The van der Waals surface area contributed by atoms with Crippen LogP contribution >= 0.6 is 0 Å². The van der Waals surface area contributed by atoms with Gasteiger partial charge < -0.3 is 9.64 Å². The Balaban J connectivity index is 1.76. The van der Waals surface area contributed by atoms with Crippen molar-refractivity contribution in [2.75, 3.05) is 13.2 Å². The van der Waals surface area contributed by atoms with Gasteiger partial charge in [0.25, 0.3) is 5.91 Å². The molecule has 1 aliphatic heterocycles. The predicted molar refractivity (Wildman–Crippen MR) is 67.1 cm³/mol. The molecule has 20 heavy (non-hydrogen) atoms. The highest BCUT2D eigenvalue weighted by molar-refractivity contribution is 5.94. The number of carbonyl (C=O) groups excluding carboxylic acids is 1. The molecule has 2 fully saturated rings. The van der Waals surface area contributed by atoms with Crippen molar-refractivity contribution >= 4 is 5.91 Å². The monoisotopic (exact) mass is 282 g/mol. The lowest BCUT2D eigenvalue weighted by Crippen LogP contribution is -2.42. The minimum absolute atomic E-state index is 0.0691. The van der Waals surface area contributed by atoms with E-state index in [0.717, 1.165) is 25.1 Å². The van der Waals surface area contributed by atoms with Crippen molar-refractivity contribution in [3.8, 4) is 0 Å². The summed E-state index contributed by atoms with van der Waals surface area (Å²) < 4.78 is 32.3. The van der Waals surface area contributed by atoms with Crippen molar-refractivity contribution in [3.63, 3.8) is 0 Å². The fraction of sp³-hybridized carbons (Fsp3) is 0.571. The molecule has 0 spiro atoms. The number of fused-ring (bicyclic) bond motifs is 2. The SMILES string of the molecule is CCO[C@H]1CC2CC1CN2C(=O)c1cc(F)ncc1F. The lowest BCUT2D eigenvalue weighted by molar-refractivity contribution is 0.00743. The maximum absolute atomic E-state index is 13.6. The van der Waals surface area contributed by atoms with Crippen molar-refractivity contribution in [1.29, 1.82) is 0 Å². The number of ether oxygens (including phenoxy) is 1. The Morgan fingerprint density at radius 3 is 2.95 bits per heavy atom. The molecule has 1 amide bonds. The molecule has 3 atom stereocenters. The Morgan fingerprint density at radius 2 is 2.30 bits per heavy atom. The molecule has 0 radical (unpaired) electrons. The van der Waals surface area contributed by atoms with Gasteiger partial charge in [0, 0.05) is 31.2 Å². The van der Waals surface area contributed by atoms with E-state index in [1.54, 1.807) is 4.90 Å². The summed E-state index contributed by atoms with van der Waals surface area (Å²) in [5.41, 5.74) is -0.238. The summed E-state index contributed by atoms with van der Waals surface area (Å²) in [5, 5.41) is 0. The van der Waals surface area contributed by atoms with E-state index >= 15 is 0 Å². The van der Waals surface area contributed by atoms with E-state index in [0.29, 0.717) is 19.1 Å². The summed E-state index contributed by atoms with van der Waals surface area (Å²) in [7, 11) is 0. The molecule has 2 unspecified atom stereocenters. The average molecular weight is 282 g/mol. The molecule has 2 heterocycles. The van der Waals surface area contributed by atoms with Crippen LogP contribution in [0.2, 0.25) is 0 Å². The number of carbonyl (C=O) groups is 1. The highest BCUT2D eigenvalue weighted by atomic mass is 19.1. The molecule has 1 saturated heterocycles. The van der Waals surface area contributed by atoms with E-state index < -0.39 is 17.7 Å². The number of hydrogen-bond donors (Lipinski definition) is 0. The summed E-state index contributed by atoms with van der Waals surface area (Å²) in [5.74, 6) is -1.77. The zero-order valence-corrected chi connectivity index (χ0v) is 11.2. The second-order valence-electron chi connectivity index (χ2n) is 5.32. The molecule has 108 valence electrons. The van der Waals surface area contributed by atoms with Crippen LogP contribution in [0.15, 0.2) is 12.3 Å². The zero-order chi connectivity index (χ0) is 14.3. The Kier molecular flexibility index (Phi) is 3.41. The van der Waals surface area contributed by atoms with E-state index in [1.165, 1.54) is 0 Å². The molecule has 2 bridgehead atoms. The summed E-state index contributed by atoms with van der Waals surface area (Å²) in [6.45, 7) is 3.16. The van der Waals surface area contributed by atoms with Crippen LogP contribution in [0.1, 0.15) is 30.1 Å². The largest absolute Gasteiger partial charge is 0.378 e. The number of pyridine rings is 1. The number of likely N-dealkylation sites (tertiary alicyclic amines) is 1. The van der Waals surface area contributed by atoms with E-state index in [2.05, 4.69) is 4.98 Å². The molecule has 3 rings (SSSR count). The van der Waals surface area contributed by atoms with E-state index in [-0.39, 0.29) is 17.7 Å². The first-order valence-corrected chi connectivity index (χ1v) is 6.83. The van der Waals surface area contributed by atoms with Crippen molar-refractivity contribution in [2.24, 2.45) is 5.92 Å². The highest BCUT2D eigenvalue weighted by Gasteiger charge is 2.47. The Bertz CT molecular complexity index is 538. The minimum Gasteiger partial charge on any atom is -0.378 e. The molecule has 4 nitrogen and oxygen atoms in total. The molecule has 6 heteroatoms. The number of piperidine rings is 1. The van der Waals surface area contributed by atoms with Gasteiger partial charge in [-0.3, -0.25) is 4.79 Å². The second-order valence-corrected chi connectivity index (χ2v) is 5.32. The quantitative estimate of drug-likeness (QED) is 0.796. The van der Waals surface area contributed by atoms with Crippen LogP contribution in [0.5, 0.6) is 0 Å². The highest BCUT2D eigenvalue weighted by Crippen LogP contribution is 2.40. The second kappa shape index (κ2) is 5.09. The number of nitrogens with zero attached hydrogens (tertiary/aromatic N) is 2. The van der Waals surface area contributed by atoms with Crippen LogP contribution in [0, 0.1) is 17.7 Å². The first kappa shape index (κ1) is 13.4. The third kappa shape index (κ3) is 2.18. The molecule has 1 saturated carbocycles. The first-order chi connectivity index (χ1) is 9.60. The van der Waals surface area contributed by atoms with Crippen LogP contribution < -0.4 is 0 Å². The van der Waals surface area contributed by atoms with E-state index in [9.17, 15) is 13.6 Å². The van der Waals surface area contributed by atoms with Gasteiger partial charge in [0.1, 0.15) is 0 Å². The van der Waals surface area contributed by atoms with Crippen LogP contribution in [0.3, 0.4) is 0 Å². The molecular weight excluding hydrogens is 266 g/mol.